The van der Waals surface area contributed by atoms with Crippen molar-refractivity contribution in [2.45, 2.75) is 25.3 Å². The summed E-state index contributed by atoms with van der Waals surface area (Å²) in [6, 6.07) is 0. The maximum atomic E-state index is 11.5. The minimum atomic E-state index is -0.950. The van der Waals surface area contributed by atoms with Crippen LogP contribution in [0.1, 0.15) is 19.8 Å². The van der Waals surface area contributed by atoms with Gasteiger partial charge in [0.2, 0.25) is 0 Å². The van der Waals surface area contributed by atoms with E-state index in [0.717, 1.165) is 0 Å². The zero-order valence-corrected chi connectivity index (χ0v) is 7.71. The van der Waals surface area contributed by atoms with E-state index in [-0.39, 0.29) is 0 Å². The lowest BCUT2D eigenvalue weighted by Crippen LogP contribution is -2.55. The largest absolute Gasteiger partial charge is 0.465 e. The molecule has 13 heavy (non-hydrogen) atoms. The Morgan fingerprint density at radius 1 is 1.62 bits per heavy atom. The summed E-state index contributed by atoms with van der Waals surface area (Å²) >= 11 is 0. The van der Waals surface area contributed by atoms with Gasteiger partial charge in [-0.25, -0.2) is 4.79 Å². The monoisotopic (exact) mass is 189 g/mol. The molecular weight excluding hydrogens is 174 g/mol. The molecule has 0 aromatic rings. The summed E-state index contributed by atoms with van der Waals surface area (Å²) in [6.07, 6.45) is 0.894. The summed E-state index contributed by atoms with van der Waals surface area (Å²) in [5.41, 5.74) is 1.10. The first-order chi connectivity index (χ1) is 6.25. The number of nitrogens with one attached hydrogen (secondary N) is 1. The molecule has 1 heterocycles. The van der Waals surface area contributed by atoms with Crippen LogP contribution >= 0.6 is 0 Å². The van der Waals surface area contributed by atoms with Gasteiger partial charge in [-0.2, -0.15) is 5.48 Å². The smallest absolute Gasteiger partial charge is 0.328 e. The summed E-state index contributed by atoms with van der Waals surface area (Å²) in [5.74, 6) is -0.402. The van der Waals surface area contributed by atoms with Crippen LogP contribution < -0.4 is 5.48 Å². The molecule has 0 aliphatic carbocycles. The molecule has 1 saturated heterocycles. The van der Waals surface area contributed by atoms with E-state index in [1.165, 1.54) is 0 Å². The van der Waals surface area contributed by atoms with Gasteiger partial charge in [0.05, 0.1) is 6.61 Å². The third-order valence-corrected chi connectivity index (χ3v) is 2.23. The highest BCUT2D eigenvalue weighted by atomic mass is 16.5. The molecule has 76 valence electrons. The van der Waals surface area contributed by atoms with Crippen LogP contribution in [-0.4, -0.2) is 36.5 Å². The zero-order chi connectivity index (χ0) is 9.73. The Balaban J connectivity index is 2.61. The Kier molecular flexibility index (Phi) is 3.65. The number of carbonyl (C=O) groups is 1. The molecule has 0 radical (unpaired) electrons. The average molecular weight is 189 g/mol. The van der Waals surface area contributed by atoms with Crippen molar-refractivity contribution in [3.63, 3.8) is 0 Å². The first-order valence-electron chi connectivity index (χ1n) is 4.41. The van der Waals surface area contributed by atoms with E-state index in [4.69, 9.17) is 14.7 Å². The second-order valence-corrected chi connectivity index (χ2v) is 3.03. The van der Waals surface area contributed by atoms with Crippen molar-refractivity contribution in [2.75, 3.05) is 19.8 Å². The molecule has 0 atom stereocenters. The Morgan fingerprint density at radius 2 is 2.23 bits per heavy atom. The first kappa shape index (κ1) is 10.4. The molecule has 2 N–H and O–H groups in total. The fourth-order valence-electron chi connectivity index (χ4n) is 1.35. The standard InChI is InChI=1S/C8H15NO4/c1-2-13-7(10)8(9-11)3-5-12-6-4-8/h9,11H,2-6H2,1H3. The number of hydrogen-bond donors (Lipinski definition) is 2. The lowest BCUT2D eigenvalue weighted by atomic mass is 9.91. The number of carbonyl (C=O) groups excluding carboxylic acids is 1. The minimum absolute atomic E-state index is 0.323. The lowest BCUT2D eigenvalue weighted by molar-refractivity contribution is -0.162. The van der Waals surface area contributed by atoms with Gasteiger partial charge in [0.25, 0.3) is 0 Å². The molecule has 1 aliphatic rings. The second kappa shape index (κ2) is 4.55. The highest BCUT2D eigenvalue weighted by Crippen LogP contribution is 2.21. The summed E-state index contributed by atoms with van der Waals surface area (Å²) < 4.78 is 9.95. The van der Waals surface area contributed by atoms with E-state index in [0.29, 0.717) is 32.7 Å². The number of hydroxylamine groups is 1. The quantitative estimate of drug-likeness (QED) is 0.486. The Hall–Kier alpha value is -0.650. The molecule has 1 fully saturated rings. The van der Waals surface area contributed by atoms with E-state index in [1.807, 2.05) is 5.48 Å². The lowest BCUT2D eigenvalue weighted by Gasteiger charge is -2.32. The van der Waals surface area contributed by atoms with Crippen LogP contribution in [0.2, 0.25) is 0 Å². The molecule has 5 heteroatoms. The van der Waals surface area contributed by atoms with E-state index in [1.54, 1.807) is 6.92 Å². The van der Waals surface area contributed by atoms with Crippen molar-refractivity contribution in [3.8, 4) is 0 Å². The van der Waals surface area contributed by atoms with Crippen LogP contribution in [0, 0.1) is 0 Å². The zero-order valence-electron chi connectivity index (χ0n) is 7.71. The fourth-order valence-corrected chi connectivity index (χ4v) is 1.35. The van der Waals surface area contributed by atoms with Crippen LogP contribution in [0.3, 0.4) is 0 Å². The molecular formula is C8H15NO4. The Labute approximate surface area is 77.0 Å². The summed E-state index contributed by atoms with van der Waals surface area (Å²) in [7, 11) is 0. The number of rotatable bonds is 3. The number of ether oxygens (including phenoxy) is 2. The number of hydrogen-bond acceptors (Lipinski definition) is 5. The highest BCUT2D eigenvalue weighted by Gasteiger charge is 2.41. The molecule has 1 rings (SSSR count). The van der Waals surface area contributed by atoms with Crippen LogP contribution in [0.4, 0.5) is 0 Å². The van der Waals surface area contributed by atoms with Gasteiger partial charge in [-0.3, -0.25) is 0 Å². The molecule has 0 spiro atoms. The molecule has 0 aromatic carbocycles. The van der Waals surface area contributed by atoms with Crippen LogP contribution in [0.5, 0.6) is 0 Å². The summed E-state index contributed by atoms with van der Waals surface area (Å²) in [5, 5.41) is 8.93. The van der Waals surface area contributed by atoms with E-state index >= 15 is 0 Å². The molecule has 0 amide bonds. The third kappa shape index (κ3) is 2.18. The minimum Gasteiger partial charge on any atom is -0.465 e. The normalized spacial score (nSPS) is 21.1. The van der Waals surface area contributed by atoms with Crippen molar-refractivity contribution in [3.05, 3.63) is 0 Å². The van der Waals surface area contributed by atoms with Gasteiger partial charge in [-0.1, -0.05) is 0 Å². The molecule has 0 unspecified atom stereocenters. The van der Waals surface area contributed by atoms with Gasteiger partial charge in [0.15, 0.2) is 0 Å². The SMILES string of the molecule is CCOC(=O)C1(NO)CCOCC1. The predicted molar refractivity (Wildman–Crippen MR) is 44.3 cm³/mol. The van der Waals surface area contributed by atoms with E-state index < -0.39 is 11.5 Å². The van der Waals surface area contributed by atoms with E-state index in [9.17, 15) is 4.79 Å². The van der Waals surface area contributed by atoms with Gasteiger partial charge in [0, 0.05) is 26.1 Å². The van der Waals surface area contributed by atoms with Crippen molar-refractivity contribution >= 4 is 5.97 Å². The maximum Gasteiger partial charge on any atom is 0.328 e. The van der Waals surface area contributed by atoms with E-state index in [2.05, 4.69) is 0 Å². The number of esters is 1. The first-order valence-corrected chi connectivity index (χ1v) is 4.41. The molecule has 0 bridgehead atoms. The van der Waals surface area contributed by atoms with Crippen molar-refractivity contribution < 1.29 is 19.5 Å². The summed E-state index contributed by atoms with van der Waals surface area (Å²) in [4.78, 5) is 11.5. The predicted octanol–water partition coefficient (Wildman–Crippen LogP) is 0.0775. The molecule has 0 aromatic heterocycles. The summed E-state index contributed by atoms with van der Waals surface area (Å²) in [6.45, 7) is 2.99. The van der Waals surface area contributed by atoms with Gasteiger partial charge >= 0.3 is 5.97 Å². The van der Waals surface area contributed by atoms with Gasteiger partial charge in [-0.05, 0) is 6.92 Å². The van der Waals surface area contributed by atoms with Gasteiger partial charge in [0.1, 0.15) is 5.54 Å². The van der Waals surface area contributed by atoms with Crippen LogP contribution in [0.15, 0.2) is 0 Å². The van der Waals surface area contributed by atoms with Crippen molar-refractivity contribution in [1.29, 1.82) is 0 Å². The van der Waals surface area contributed by atoms with Crippen molar-refractivity contribution in [1.82, 2.24) is 5.48 Å². The molecule has 1 aliphatic heterocycles. The third-order valence-electron chi connectivity index (χ3n) is 2.23. The Morgan fingerprint density at radius 3 is 2.69 bits per heavy atom. The van der Waals surface area contributed by atoms with Crippen LogP contribution in [0.25, 0.3) is 0 Å². The molecule has 5 nitrogen and oxygen atoms in total. The fraction of sp³-hybridized carbons (Fsp3) is 0.875. The topological polar surface area (TPSA) is 67.8 Å². The average Bonchev–Trinajstić information content (AvgIpc) is 2.19. The molecule has 0 saturated carbocycles. The van der Waals surface area contributed by atoms with Crippen LogP contribution in [-0.2, 0) is 14.3 Å². The maximum absolute atomic E-state index is 11.5. The Bertz CT molecular complexity index is 177. The van der Waals surface area contributed by atoms with Crippen molar-refractivity contribution in [2.24, 2.45) is 0 Å². The second-order valence-electron chi connectivity index (χ2n) is 3.03. The highest BCUT2D eigenvalue weighted by molar-refractivity contribution is 5.80. The van der Waals surface area contributed by atoms with Gasteiger partial charge < -0.3 is 14.7 Å². The van der Waals surface area contributed by atoms with Gasteiger partial charge in [-0.15, -0.1) is 0 Å².